The van der Waals surface area contributed by atoms with Gasteiger partial charge in [-0.25, -0.2) is 12.8 Å². The van der Waals surface area contributed by atoms with Crippen molar-refractivity contribution in [2.75, 3.05) is 10.6 Å². The van der Waals surface area contributed by atoms with Crippen LogP contribution in [0.3, 0.4) is 0 Å². The van der Waals surface area contributed by atoms with Crippen molar-refractivity contribution < 1.29 is 17.6 Å². The second kappa shape index (κ2) is 8.95. The van der Waals surface area contributed by atoms with Gasteiger partial charge in [-0.05, 0) is 80.6 Å². The molecule has 2 aromatic rings. The van der Waals surface area contributed by atoms with Crippen molar-refractivity contribution in [1.82, 2.24) is 5.32 Å². The average molecular weight is 421 g/mol. The van der Waals surface area contributed by atoms with Crippen LogP contribution < -0.4 is 9.62 Å². The third-order valence-electron chi connectivity index (χ3n) is 5.12. The molecule has 7 heteroatoms. The summed E-state index contributed by atoms with van der Waals surface area (Å²) in [4.78, 5) is 13.1. The normalized spacial score (nSPS) is 13.6. The lowest BCUT2D eigenvalue weighted by Crippen LogP contribution is -2.49. The number of nitrogens with zero attached hydrogens (tertiary/aromatic N) is 1. The van der Waals surface area contributed by atoms with Crippen molar-refractivity contribution in [3.8, 4) is 0 Å². The van der Waals surface area contributed by atoms with Crippen LogP contribution in [0.5, 0.6) is 0 Å². The molecule has 0 heterocycles. The summed E-state index contributed by atoms with van der Waals surface area (Å²) in [5.41, 5.74) is 4.61. The van der Waals surface area contributed by atoms with Crippen molar-refractivity contribution in [2.45, 2.75) is 53.1 Å². The first-order chi connectivity index (χ1) is 13.5. The molecule has 0 saturated heterocycles. The minimum atomic E-state index is -3.76. The quantitative estimate of drug-likeness (QED) is 0.731. The zero-order valence-electron chi connectivity index (χ0n) is 17.8. The highest BCUT2D eigenvalue weighted by Gasteiger charge is 2.32. The van der Waals surface area contributed by atoms with Gasteiger partial charge in [-0.15, -0.1) is 0 Å². The Bertz CT molecular complexity index is 988. The number of halogens is 1. The molecule has 2 atom stereocenters. The van der Waals surface area contributed by atoms with Crippen LogP contribution in [0.15, 0.2) is 36.4 Å². The molecule has 0 saturated carbocycles. The molecule has 0 aliphatic carbocycles. The fourth-order valence-corrected chi connectivity index (χ4v) is 4.70. The highest BCUT2D eigenvalue weighted by Crippen LogP contribution is 2.25. The molecule has 0 fully saturated rings. The molecule has 1 amide bonds. The van der Waals surface area contributed by atoms with Crippen LogP contribution in [-0.4, -0.2) is 26.6 Å². The van der Waals surface area contributed by atoms with E-state index in [0.717, 1.165) is 27.3 Å². The summed E-state index contributed by atoms with van der Waals surface area (Å²) in [6.45, 7) is 9.67. The Morgan fingerprint density at radius 3 is 2.14 bits per heavy atom. The first-order valence-electron chi connectivity index (χ1n) is 9.58. The number of nitrogens with one attached hydrogen (secondary N) is 1. The molecule has 1 N–H and O–H groups in total. The van der Waals surface area contributed by atoms with Crippen molar-refractivity contribution in [1.29, 1.82) is 0 Å². The molecule has 0 radical (unpaired) electrons. The Hall–Kier alpha value is -2.41. The highest BCUT2D eigenvalue weighted by molar-refractivity contribution is 7.92. The summed E-state index contributed by atoms with van der Waals surface area (Å²) in [5, 5.41) is 2.95. The van der Waals surface area contributed by atoms with Gasteiger partial charge in [0.15, 0.2) is 0 Å². The third-order valence-corrected chi connectivity index (χ3v) is 6.30. The van der Waals surface area contributed by atoms with E-state index < -0.39 is 27.8 Å². The molecule has 5 nitrogen and oxygen atoms in total. The van der Waals surface area contributed by atoms with Gasteiger partial charge < -0.3 is 5.32 Å². The summed E-state index contributed by atoms with van der Waals surface area (Å²) in [6.07, 6.45) is 1.32. The van der Waals surface area contributed by atoms with Gasteiger partial charge in [0.05, 0.1) is 18.0 Å². The number of carbonyl (C=O) groups excluding carboxylic acids is 1. The Balaban J connectivity index is 2.34. The Kier molecular flexibility index (Phi) is 7.06. The number of anilines is 1. The van der Waals surface area contributed by atoms with Gasteiger partial charge in [0.1, 0.15) is 11.9 Å². The Labute approximate surface area is 173 Å². The number of hydrogen-bond acceptors (Lipinski definition) is 3. The maximum absolute atomic E-state index is 13.3. The SMILES string of the molecule is CC[C@@H](C(=O)N[C@@H](C)c1cc(C)c(C)cc1C)N(c1ccc(F)cc1)S(C)(=O)=O. The summed E-state index contributed by atoms with van der Waals surface area (Å²) < 4.78 is 39.3. The molecular weight excluding hydrogens is 391 g/mol. The number of sulfonamides is 1. The number of carbonyl (C=O) groups is 1. The zero-order valence-corrected chi connectivity index (χ0v) is 18.6. The zero-order chi connectivity index (χ0) is 21.9. The van der Waals surface area contributed by atoms with Crippen LogP contribution in [0.4, 0.5) is 10.1 Å². The summed E-state index contributed by atoms with van der Waals surface area (Å²) in [7, 11) is -3.76. The molecule has 0 bridgehead atoms. The highest BCUT2D eigenvalue weighted by atomic mass is 32.2. The van der Waals surface area contributed by atoms with E-state index in [4.69, 9.17) is 0 Å². The van der Waals surface area contributed by atoms with Crippen molar-refractivity contribution in [3.63, 3.8) is 0 Å². The maximum atomic E-state index is 13.3. The fourth-order valence-electron chi connectivity index (χ4n) is 3.48. The van der Waals surface area contributed by atoms with E-state index in [-0.39, 0.29) is 18.2 Å². The van der Waals surface area contributed by atoms with Crippen LogP contribution in [0.1, 0.15) is 48.6 Å². The van der Waals surface area contributed by atoms with Crippen LogP contribution in [-0.2, 0) is 14.8 Å². The predicted molar refractivity (Wildman–Crippen MR) is 115 cm³/mol. The lowest BCUT2D eigenvalue weighted by Gasteiger charge is -2.31. The van der Waals surface area contributed by atoms with Gasteiger partial charge in [0, 0.05) is 0 Å². The van der Waals surface area contributed by atoms with Crippen molar-refractivity contribution >= 4 is 21.6 Å². The van der Waals surface area contributed by atoms with Gasteiger partial charge in [-0.1, -0.05) is 19.1 Å². The lowest BCUT2D eigenvalue weighted by atomic mass is 9.96. The van der Waals surface area contributed by atoms with E-state index in [1.54, 1.807) is 6.92 Å². The second-order valence-electron chi connectivity index (χ2n) is 7.48. The standard InChI is InChI=1S/C22H29FN2O3S/c1-7-21(25(29(6,27)28)19-10-8-18(23)9-11-19)22(26)24-17(5)20-13-15(3)14(2)12-16(20)4/h8-13,17,21H,7H2,1-6H3,(H,24,26)/t17-,21-/m0/s1. The number of aryl methyl sites for hydroxylation is 3. The van der Waals surface area contributed by atoms with Crippen LogP contribution >= 0.6 is 0 Å². The molecule has 0 aromatic heterocycles. The van der Waals surface area contributed by atoms with E-state index in [1.165, 1.54) is 29.8 Å². The van der Waals surface area contributed by atoms with Crippen LogP contribution in [0.2, 0.25) is 0 Å². The van der Waals surface area contributed by atoms with Crippen molar-refractivity contribution in [3.05, 3.63) is 64.5 Å². The van der Waals surface area contributed by atoms with E-state index >= 15 is 0 Å². The molecule has 0 aliphatic heterocycles. The van der Waals surface area contributed by atoms with E-state index in [2.05, 4.69) is 11.4 Å². The maximum Gasteiger partial charge on any atom is 0.244 e. The fraction of sp³-hybridized carbons (Fsp3) is 0.409. The lowest BCUT2D eigenvalue weighted by molar-refractivity contribution is -0.122. The van der Waals surface area contributed by atoms with Gasteiger partial charge in [-0.2, -0.15) is 0 Å². The van der Waals surface area contributed by atoms with Crippen molar-refractivity contribution in [2.24, 2.45) is 0 Å². The first-order valence-corrected chi connectivity index (χ1v) is 11.4. The second-order valence-corrected chi connectivity index (χ2v) is 9.34. The van der Waals surface area contributed by atoms with Gasteiger partial charge in [-0.3, -0.25) is 9.10 Å². The predicted octanol–water partition coefficient (Wildman–Crippen LogP) is 4.17. The molecule has 0 spiro atoms. The molecule has 2 aromatic carbocycles. The number of rotatable bonds is 7. The molecule has 158 valence electrons. The van der Waals surface area contributed by atoms with Crippen LogP contribution in [0, 0.1) is 26.6 Å². The molecule has 0 aliphatic rings. The molecule has 2 rings (SSSR count). The summed E-state index contributed by atoms with van der Waals surface area (Å²) in [5.74, 6) is -0.870. The molecular formula is C22H29FN2O3S. The summed E-state index contributed by atoms with van der Waals surface area (Å²) >= 11 is 0. The Morgan fingerprint density at radius 2 is 1.62 bits per heavy atom. The minimum absolute atomic E-state index is 0.255. The van der Waals surface area contributed by atoms with E-state index in [1.807, 2.05) is 33.8 Å². The summed E-state index contributed by atoms with van der Waals surface area (Å²) in [6, 6.07) is 7.98. The van der Waals surface area contributed by atoms with E-state index in [9.17, 15) is 17.6 Å². The van der Waals surface area contributed by atoms with Gasteiger partial charge in [0.2, 0.25) is 15.9 Å². The van der Waals surface area contributed by atoms with Crippen LogP contribution in [0.25, 0.3) is 0 Å². The van der Waals surface area contributed by atoms with Gasteiger partial charge in [0.25, 0.3) is 0 Å². The van der Waals surface area contributed by atoms with E-state index in [0.29, 0.717) is 0 Å². The number of hydrogen-bond donors (Lipinski definition) is 1. The number of amides is 1. The topological polar surface area (TPSA) is 66.5 Å². The number of benzene rings is 2. The van der Waals surface area contributed by atoms with Gasteiger partial charge >= 0.3 is 0 Å². The third kappa shape index (κ3) is 5.35. The first kappa shape index (κ1) is 22.9. The molecule has 0 unspecified atom stereocenters. The molecule has 29 heavy (non-hydrogen) atoms. The average Bonchev–Trinajstić information content (AvgIpc) is 2.62. The monoisotopic (exact) mass is 420 g/mol. The largest absolute Gasteiger partial charge is 0.348 e. The Morgan fingerprint density at radius 1 is 1.07 bits per heavy atom. The minimum Gasteiger partial charge on any atom is -0.348 e. The smallest absolute Gasteiger partial charge is 0.244 e.